The average molecular weight is 393 g/mol. The molecule has 3 rings (SSSR count). The van der Waals surface area contributed by atoms with Crippen molar-refractivity contribution < 1.29 is 17.9 Å². The summed E-state index contributed by atoms with van der Waals surface area (Å²) in [4.78, 5) is 13.0. The van der Waals surface area contributed by atoms with Crippen LogP contribution in [0.5, 0.6) is 5.75 Å². The van der Waals surface area contributed by atoms with Crippen molar-refractivity contribution >= 4 is 33.4 Å². The molecule has 6 nitrogen and oxygen atoms in total. The molecule has 0 spiro atoms. The van der Waals surface area contributed by atoms with Gasteiger partial charge in [-0.3, -0.25) is 4.79 Å². The number of para-hydroxylation sites is 1. The van der Waals surface area contributed by atoms with E-state index in [1.807, 2.05) is 19.1 Å². The maximum atomic E-state index is 12.7. The first-order chi connectivity index (χ1) is 12.4. The zero-order valence-corrected chi connectivity index (χ0v) is 16.1. The van der Waals surface area contributed by atoms with Crippen molar-refractivity contribution in [2.75, 3.05) is 18.2 Å². The fourth-order valence-electron chi connectivity index (χ4n) is 2.55. The van der Waals surface area contributed by atoms with Gasteiger partial charge >= 0.3 is 0 Å². The molecule has 1 aliphatic rings. The third-order valence-corrected chi connectivity index (χ3v) is 6.83. The van der Waals surface area contributed by atoms with Crippen molar-refractivity contribution in [2.24, 2.45) is 5.92 Å². The third kappa shape index (κ3) is 4.03. The second kappa shape index (κ2) is 7.69. The summed E-state index contributed by atoms with van der Waals surface area (Å²) in [6, 6.07) is 12.0. The summed E-state index contributed by atoms with van der Waals surface area (Å²) in [6.45, 7) is 1.96. The highest BCUT2D eigenvalue weighted by Crippen LogP contribution is 2.34. The van der Waals surface area contributed by atoms with Crippen molar-refractivity contribution in [1.29, 1.82) is 0 Å². The lowest BCUT2D eigenvalue weighted by Gasteiger charge is -2.12. The maximum absolute atomic E-state index is 12.7. The summed E-state index contributed by atoms with van der Waals surface area (Å²) in [5.41, 5.74) is 1.27. The van der Waals surface area contributed by atoms with Gasteiger partial charge in [0, 0.05) is 28.7 Å². The molecule has 1 aliphatic heterocycles. The van der Waals surface area contributed by atoms with Gasteiger partial charge in [-0.1, -0.05) is 25.1 Å². The molecule has 1 amide bonds. The molecule has 0 fully saturated rings. The number of methoxy groups -OCH3 is 1. The Morgan fingerprint density at radius 1 is 1.27 bits per heavy atom. The number of carbonyl (C=O) groups excluding carboxylic acids is 1. The first-order valence-corrected chi connectivity index (χ1v) is 10.6. The molecule has 0 radical (unpaired) electrons. The number of hydrogen-bond acceptors (Lipinski definition) is 5. The van der Waals surface area contributed by atoms with Gasteiger partial charge < -0.3 is 10.1 Å². The minimum atomic E-state index is -3.73. The summed E-state index contributed by atoms with van der Waals surface area (Å²) in [5, 5.41) is 2.80. The Hall–Kier alpha value is -2.03. The second-order valence-electron chi connectivity index (χ2n) is 6.00. The molecule has 0 aromatic heterocycles. The van der Waals surface area contributed by atoms with E-state index in [0.29, 0.717) is 17.2 Å². The molecule has 8 heteroatoms. The molecule has 0 saturated heterocycles. The van der Waals surface area contributed by atoms with Crippen LogP contribution in [0.3, 0.4) is 0 Å². The normalized spacial score (nSPS) is 17.2. The van der Waals surface area contributed by atoms with Gasteiger partial charge in [0.15, 0.2) is 0 Å². The van der Waals surface area contributed by atoms with Crippen LogP contribution in [0.15, 0.2) is 52.3 Å². The van der Waals surface area contributed by atoms with Gasteiger partial charge in [-0.15, -0.1) is 11.8 Å². The number of thioether (sulfide) groups is 1. The first-order valence-electron chi connectivity index (χ1n) is 8.10. The van der Waals surface area contributed by atoms with E-state index in [2.05, 4.69) is 10.0 Å². The summed E-state index contributed by atoms with van der Waals surface area (Å²) in [6.07, 6.45) is 0. The van der Waals surface area contributed by atoms with Crippen LogP contribution in [0.2, 0.25) is 0 Å². The molecule has 26 heavy (non-hydrogen) atoms. The van der Waals surface area contributed by atoms with Crippen LogP contribution in [0.1, 0.15) is 12.5 Å². The number of fused-ring (bicyclic) bond motifs is 1. The topological polar surface area (TPSA) is 84.5 Å². The molecule has 1 heterocycles. The Morgan fingerprint density at radius 3 is 2.81 bits per heavy atom. The largest absolute Gasteiger partial charge is 0.496 e. The Kier molecular flexibility index (Phi) is 5.55. The highest BCUT2D eigenvalue weighted by atomic mass is 32.2. The average Bonchev–Trinajstić information content (AvgIpc) is 2.78. The van der Waals surface area contributed by atoms with Crippen molar-refractivity contribution in [1.82, 2.24) is 4.72 Å². The first kappa shape index (κ1) is 18.8. The minimum absolute atomic E-state index is 0.104. The van der Waals surface area contributed by atoms with Crippen LogP contribution in [0.4, 0.5) is 5.69 Å². The Labute approximate surface area is 157 Å². The molecule has 0 saturated carbocycles. The van der Waals surface area contributed by atoms with E-state index in [9.17, 15) is 13.2 Å². The summed E-state index contributed by atoms with van der Waals surface area (Å²) >= 11 is 1.54. The van der Waals surface area contributed by atoms with E-state index in [4.69, 9.17) is 4.74 Å². The third-order valence-electron chi connectivity index (χ3n) is 4.10. The summed E-state index contributed by atoms with van der Waals surface area (Å²) < 4.78 is 33.1. The highest BCUT2D eigenvalue weighted by Gasteiger charge is 2.23. The fourth-order valence-corrected chi connectivity index (χ4v) is 4.59. The van der Waals surface area contributed by atoms with E-state index < -0.39 is 10.0 Å². The highest BCUT2D eigenvalue weighted by molar-refractivity contribution is 7.99. The Balaban J connectivity index is 1.82. The van der Waals surface area contributed by atoms with E-state index in [0.717, 1.165) is 10.5 Å². The predicted octanol–water partition coefficient (Wildman–Crippen LogP) is 2.85. The van der Waals surface area contributed by atoms with E-state index in [1.165, 1.54) is 6.07 Å². The lowest BCUT2D eigenvalue weighted by molar-refractivity contribution is -0.118. The molecule has 138 valence electrons. The lowest BCUT2D eigenvalue weighted by atomic mass is 10.2. The smallest absolute Gasteiger partial charge is 0.240 e. The number of ether oxygens (including phenoxy) is 1. The van der Waals surface area contributed by atoms with Gasteiger partial charge in [-0.25, -0.2) is 13.1 Å². The summed E-state index contributed by atoms with van der Waals surface area (Å²) in [7, 11) is -2.18. The number of carbonyl (C=O) groups is 1. The Bertz CT molecular complexity index is 929. The minimum Gasteiger partial charge on any atom is -0.496 e. The van der Waals surface area contributed by atoms with E-state index in [1.54, 1.807) is 43.1 Å². The van der Waals surface area contributed by atoms with Crippen molar-refractivity contribution in [3.05, 3.63) is 48.0 Å². The SMILES string of the molecule is COc1ccccc1CNS(=O)(=O)c1ccc2c(c1)NC(=O)C(C)CS2. The zero-order valence-electron chi connectivity index (χ0n) is 14.5. The van der Waals surface area contributed by atoms with Crippen molar-refractivity contribution in [3.63, 3.8) is 0 Å². The van der Waals surface area contributed by atoms with Gasteiger partial charge in [0.25, 0.3) is 0 Å². The van der Waals surface area contributed by atoms with Crippen LogP contribution in [0.25, 0.3) is 0 Å². The van der Waals surface area contributed by atoms with Crippen molar-refractivity contribution in [3.8, 4) is 5.75 Å². The Morgan fingerprint density at radius 2 is 2.04 bits per heavy atom. The lowest BCUT2D eigenvalue weighted by Crippen LogP contribution is -2.24. The van der Waals surface area contributed by atoms with Gasteiger partial charge in [-0.2, -0.15) is 0 Å². The monoisotopic (exact) mass is 392 g/mol. The van der Waals surface area contributed by atoms with Crippen molar-refractivity contribution in [2.45, 2.75) is 23.3 Å². The molecule has 1 unspecified atom stereocenters. The van der Waals surface area contributed by atoms with Gasteiger partial charge in [0.2, 0.25) is 15.9 Å². The molecule has 1 atom stereocenters. The van der Waals surface area contributed by atoms with Crippen LogP contribution >= 0.6 is 11.8 Å². The predicted molar refractivity (Wildman–Crippen MR) is 102 cm³/mol. The number of hydrogen-bond donors (Lipinski definition) is 2. The number of amides is 1. The molecule has 2 aromatic rings. The van der Waals surface area contributed by atoms with Gasteiger partial charge in [-0.05, 0) is 24.3 Å². The molecular formula is C18H20N2O4S2. The van der Waals surface area contributed by atoms with Crippen LogP contribution in [-0.4, -0.2) is 27.2 Å². The quantitative estimate of drug-likeness (QED) is 0.817. The van der Waals surface area contributed by atoms with Crippen LogP contribution in [-0.2, 0) is 21.4 Å². The summed E-state index contributed by atoms with van der Waals surface area (Å²) in [5.74, 6) is 1.05. The van der Waals surface area contributed by atoms with Gasteiger partial charge in [0.05, 0.1) is 17.7 Å². The molecule has 2 N–H and O–H groups in total. The number of anilines is 1. The number of nitrogens with one attached hydrogen (secondary N) is 2. The number of sulfonamides is 1. The zero-order chi connectivity index (χ0) is 18.7. The molecule has 0 bridgehead atoms. The maximum Gasteiger partial charge on any atom is 0.240 e. The van der Waals surface area contributed by atoms with Crippen LogP contribution in [0, 0.1) is 5.92 Å². The van der Waals surface area contributed by atoms with E-state index in [-0.39, 0.29) is 23.3 Å². The second-order valence-corrected chi connectivity index (χ2v) is 8.82. The molecule has 0 aliphatic carbocycles. The van der Waals surface area contributed by atoms with Gasteiger partial charge in [0.1, 0.15) is 5.75 Å². The standard InChI is InChI=1S/C18H20N2O4S2/c1-12-11-25-17-8-7-14(9-15(17)20-18(12)21)26(22,23)19-10-13-5-3-4-6-16(13)24-2/h3-9,12,19H,10-11H2,1-2H3,(H,20,21). The number of rotatable bonds is 5. The van der Waals surface area contributed by atoms with E-state index >= 15 is 0 Å². The van der Waals surface area contributed by atoms with Crippen LogP contribution < -0.4 is 14.8 Å². The fraction of sp³-hybridized carbons (Fsp3) is 0.278. The molecule has 2 aromatic carbocycles. The number of benzene rings is 2. The molecular weight excluding hydrogens is 372 g/mol.